The van der Waals surface area contributed by atoms with Gasteiger partial charge < -0.3 is 14.6 Å². The fraction of sp³-hybridized carbons (Fsp3) is 0.455. The molecule has 25 heavy (non-hydrogen) atoms. The lowest BCUT2D eigenvalue weighted by atomic mass is 9.87. The van der Waals surface area contributed by atoms with Crippen LogP contribution in [0.5, 0.6) is 11.5 Å². The van der Waals surface area contributed by atoms with E-state index >= 15 is 0 Å². The molecule has 1 saturated carbocycles. The highest BCUT2D eigenvalue weighted by atomic mass is 16.5. The van der Waals surface area contributed by atoms with Crippen LogP contribution in [0, 0.1) is 5.41 Å². The monoisotopic (exact) mass is 340 g/mol. The Morgan fingerprint density at radius 2 is 1.76 bits per heavy atom. The summed E-state index contributed by atoms with van der Waals surface area (Å²) in [5.74, 6) is 1.66. The second-order valence-electron chi connectivity index (χ2n) is 7.53. The highest BCUT2D eigenvalue weighted by Crippen LogP contribution is 2.47. The summed E-state index contributed by atoms with van der Waals surface area (Å²) in [5, 5.41) is 9.64. The summed E-state index contributed by atoms with van der Waals surface area (Å²) < 4.78 is 12.3. The largest absolute Gasteiger partial charge is 0.457 e. The van der Waals surface area contributed by atoms with Crippen molar-refractivity contribution >= 4 is 0 Å². The summed E-state index contributed by atoms with van der Waals surface area (Å²) >= 11 is 0. The van der Waals surface area contributed by atoms with Gasteiger partial charge in [-0.3, -0.25) is 0 Å². The van der Waals surface area contributed by atoms with Gasteiger partial charge in [0.25, 0.3) is 0 Å². The van der Waals surface area contributed by atoms with E-state index in [0.29, 0.717) is 6.61 Å². The molecule has 2 aromatic carbocycles. The van der Waals surface area contributed by atoms with Crippen molar-refractivity contribution in [3.05, 3.63) is 60.2 Å². The second kappa shape index (κ2) is 7.59. The topological polar surface area (TPSA) is 38.7 Å². The molecule has 1 aliphatic carbocycles. The quantitative estimate of drug-likeness (QED) is 0.740. The molecule has 1 aliphatic rings. The van der Waals surface area contributed by atoms with Crippen LogP contribution in [0.15, 0.2) is 54.6 Å². The molecule has 1 fully saturated rings. The Morgan fingerprint density at radius 1 is 1.00 bits per heavy atom. The molecule has 0 aliphatic heterocycles. The van der Waals surface area contributed by atoms with Crippen LogP contribution >= 0.6 is 0 Å². The Bertz CT molecular complexity index is 685. The molecule has 2 unspecified atom stereocenters. The van der Waals surface area contributed by atoms with Crippen LogP contribution in [-0.2, 0) is 11.3 Å². The normalized spacial score (nSPS) is 25.9. The van der Waals surface area contributed by atoms with Crippen molar-refractivity contribution in [3.63, 3.8) is 0 Å². The Balaban J connectivity index is 1.64. The number of ether oxygens (including phenoxy) is 2. The Hall–Kier alpha value is -1.84. The van der Waals surface area contributed by atoms with Gasteiger partial charge in [0.2, 0.25) is 0 Å². The van der Waals surface area contributed by atoms with Crippen molar-refractivity contribution in [1.29, 1.82) is 0 Å². The predicted molar refractivity (Wildman–Crippen MR) is 99.8 cm³/mol. The molecule has 3 rings (SSSR count). The van der Waals surface area contributed by atoms with Gasteiger partial charge in [-0.1, -0.05) is 44.2 Å². The summed E-state index contributed by atoms with van der Waals surface area (Å²) in [6.45, 7) is 5.14. The summed E-state index contributed by atoms with van der Waals surface area (Å²) in [6.07, 6.45) is 3.94. The summed E-state index contributed by atoms with van der Waals surface area (Å²) in [6, 6.07) is 17.9. The van der Waals surface area contributed by atoms with Crippen molar-refractivity contribution < 1.29 is 14.6 Å². The minimum atomic E-state index is -0.117. The fourth-order valence-corrected chi connectivity index (χ4v) is 3.71. The van der Waals surface area contributed by atoms with E-state index in [9.17, 15) is 5.11 Å². The minimum Gasteiger partial charge on any atom is -0.457 e. The lowest BCUT2D eigenvalue weighted by Crippen LogP contribution is -2.31. The average molecular weight is 340 g/mol. The van der Waals surface area contributed by atoms with E-state index in [1.165, 1.54) is 0 Å². The second-order valence-corrected chi connectivity index (χ2v) is 7.53. The SMILES string of the molecule is CCC1(OCc2cccc(Oc3ccccc3)c2)CCC(C)(CO)C1. The van der Waals surface area contributed by atoms with Crippen LogP contribution in [0.4, 0.5) is 0 Å². The van der Waals surface area contributed by atoms with Gasteiger partial charge in [-0.05, 0) is 60.9 Å². The van der Waals surface area contributed by atoms with E-state index in [0.717, 1.165) is 42.7 Å². The average Bonchev–Trinajstić information content (AvgIpc) is 3.00. The first kappa shape index (κ1) is 18.0. The van der Waals surface area contributed by atoms with Crippen molar-refractivity contribution in [2.45, 2.75) is 51.7 Å². The zero-order valence-electron chi connectivity index (χ0n) is 15.2. The van der Waals surface area contributed by atoms with E-state index in [1.54, 1.807) is 0 Å². The summed E-state index contributed by atoms with van der Waals surface area (Å²) in [4.78, 5) is 0. The van der Waals surface area contributed by atoms with Crippen LogP contribution in [0.3, 0.4) is 0 Å². The predicted octanol–water partition coefficient (Wildman–Crippen LogP) is 5.33. The fourth-order valence-electron chi connectivity index (χ4n) is 3.71. The first-order valence-electron chi connectivity index (χ1n) is 9.13. The minimum absolute atomic E-state index is 0.00568. The van der Waals surface area contributed by atoms with Crippen LogP contribution in [0.25, 0.3) is 0 Å². The van der Waals surface area contributed by atoms with Gasteiger partial charge in [0.1, 0.15) is 11.5 Å². The molecule has 134 valence electrons. The maximum absolute atomic E-state index is 9.64. The molecular weight excluding hydrogens is 312 g/mol. The van der Waals surface area contributed by atoms with E-state index in [4.69, 9.17) is 9.47 Å². The van der Waals surface area contributed by atoms with Crippen LogP contribution < -0.4 is 4.74 Å². The first-order chi connectivity index (χ1) is 12.1. The number of benzene rings is 2. The zero-order chi connectivity index (χ0) is 17.8. The molecule has 2 atom stereocenters. The first-order valence-corrected chi connectivity index (χ1v) is 9.13. The van der Waals surface area contributed by atoms with Crippen LogP contribution in [0.2, 0.25) is 0 Å². The van der Waals surface area contributed by atoms with Crippen molar-refractivity contribution in [2.75, 3.05) is 6.61 Å². The van der Waals surface area contributed by atoms with Gasteiger partial charge in [-0.25, -0.2) is 0 Å². The van der Waals surface area contributed by atoms with Crippen LogP contribution in [0.1, 0.15) is 45.1 Å². The number of hydrogen-bond donors (Lipinski definition) is 1. The van der Waals surface area contributed by atoms with Crippen LogP contribution in [-0.4, -0.2) is 17.3 Å². The number of rotatable bonds is 7. The number of aliphatic hydroxyl groups excluding tert-OH is 1. The molecule has 0 amide bonds. The highest BCUT2D eigenvalue weighted by Gasteiger charge is 2.45. The van der Waals surface area contributed by atoms with Gasteiger partial charge in [0.05, 0.1) is 12.2 Å². The summed E-state index contributed by atoms with van der Waals surface area (Å²) in [7, 11) is 0. The third-order valence-electron chi connectivity index (χ3n) is 5.38. The Morgan fingerprint density at radius 3 is 2.44 bits per heavy atom. The van der Waals surface area contributed by atoms with Gasteiger partial charge in [0, 0.05) is 6.61 Å². The molecule has 0 bridgehead atoms. The lowest BCUT2D eigenvalue weighted by Gasteiger charge is -2.31. The van der Waals surface area contributed by atoms with Crippen molar-refractivity contribution in [3.8, 4) is 11.5 Å². The maximum Gasteiger partial charge on any atom is 0.127 e. The molecule has 0 spiro atoms. The molecular formula is C22H28O3. The number of para-hydroxylation sites is 1. The molecule has 0 heterocycles. The molecule has 0 radical (unpaired) electrons. The van der Waals surface area contributed by atoms with Gasteiger partial charge >= 0.3 is 0 Å². The molecule has 3 nitrogen and oxygen atoms in total. The molecule has 1 N–H and O–H groups in total. The van der Waals surface area contributed by atoms with E-state index < -0.39 is 0 Å². The highest BCUT2D eigenvalue weighted by molar-refractivity contribution is 5.33. The smallest absolute Gasteiger partial charge is 0.127 e. The third-order valence-corrected chi connectivity index (χ3v) is 5.38. The van der Waals surface area contributed by atoms with Crippen molar-refractivity contribution in [2.24, 2.45) is 5.41 Å². The Labute approximate surface area is 150 Å². The zero-order valence-corrected chi connectivity index (χ0v) is 15.2. The van der Waals surface area contributed by atoms with Gasteiger partial charge in [-0.2, -0.15) is 0 Å². The number of aliphatic hydroxyl groups is 1. The molecule has 2 aromatic rings. The van der Waals surface area contributed by atoms with Gasteiger partial charge in [-0.15, -0.1) is 0 Å². The van der Waals surface area contributed by atoms with E-state index in [2.05, 4.69) is 19.9 Å². The van der Waals surface area contributed by atoms with E-state index in [1.807, 2.05) is 48.5 Å². The molecule has 0 aromatic heterocycles. The summed E-state index contributed by atoms with van der Waals surface area (Å²) in [5.41, 5.74) is 0.987. The molecule has 3 heteroatoms. The van der Waals surface area contributed by atoms with Gasteiger partial charge in [0.15, 0.2) is 0 Å². The van der Waals surface area contributed by atoms with Crippen molar-refractivity contribution in [1.82, 2.24) is 0 Å². The molecule has 0 saturated heterocycles. The lowest BCUT2D eigenvalue weighted by molar-refractivity contribution is -0.0640. The van der Waals surface area contributed by atoms with E-state index in [-0.39, 0.29) is 17.6 Å². The Kier molecular flexibility index (Phi) is 5.45. The maximum atomic E-state index is 9.64. The number of hydrogen-bond acceptors (Lipinski definition) is 3. The standard InChI is InChI=1S/C22H28O3/c1-3-22(13-12-21(2,16-22)17-23)24-15-18-8-7-11-20(14-18)25-19-9-5-4-6-10-19/h4-11,14,23H,3,12-13,15-17H2,1-2H3. The third kappa shape index (κ3) is 4.42.